The van der Waals surface area contributed by atoms with Gasteiger partial charge in [0, 0.05) is 0 Å². The van der Waals surface area contributed by atoms with Crippen LogP contribution >= 0.6 is 23.2 Å². The van der Waals surface area contributed by atoms with E-state index in [1.54, 1.807) is 18.2 Å². The van der Waals surface area contributed by atoms with E-state index in [9.17, 15) is 18.0 Å². The lowest BCUT2D eigenvalue weighted by molar-refractivity contribution is -0.189. The fourth-order valence-electron chi connectivity index (χ4n) is 2.20. The molecule has 27 heavy (non-hydrogen) atoms. The van der Waals surface area contributed by atoms with Crippen LogP contribution in [0.5, 0.6) is 5.75 Å². The molecule has 0 radical (unpaired) electrons. The number of carboxylic acids is 1. The second-order valence-electron chi connectivity index (χ2n) is 5.62. The van der Waals surface area contributed by atoms with Crippen molar-refractivity contribution in [1.82, 2.24) is 0 Å². The van der Waals surface area contributed by atoms with Crippen LogP contribution in [0, 0.1) is 0 Å². The highest BCUT2D eigenvalue weighted by Gasteiger charge is 2.30. The normalized spacial score (nSPS) is 12.6. The maximum absolute atomic E-state index is 12.3. The van der Waals surface area contributed by atoms with Gasteiger partial charge in [-0.1, -0.05) is 41.4 Å². The highest BCUT2D eigenvalue weighted by atomic mass is 35.5. The first kappa shape index (κ1) is 21.3. The third-order valence-electron chi connectivity index (χ3n) is 3.45. The molecule has 0 aliphatic rings. The van der Waals surface area contributed by atoms with Gasteiger partial charge < -0.3 is 14.6 Å². The molecule has 0 aliphatic carbocycles. The number of alkyl halides is 3. The van der Waals surface area contributed by atoms with E-state index in [0.717, 1.165) is 5.56 Å². The quantitative estimate of drug-likeness (QED) is 0.595. The van der Waals surface area contributed by atoms with E-state index in [1.165, 1.54) is 24.3 Å². The Kier molecular flexibility index (Phi) is 7.35. The van der Waals surface area contributed by atoms with Gasteiger partial charge in [0.05, 0.1) is 22.6 Å². The van der Waals surface area contributed by atoms with E-state index >= 15 is 0 Å². The number of hydrogen-bond donors (Lipinski definition) is 1. The highest BCUT2D eigenvalue weighted by molar-refractivity contribution is 6.42. The highest BCUT2D eigenvalue weighted by Crippen LogP contribution is 2.27. The second kappa shape index (κ2) is 9.30. The minimum Gasteiger partial charge on any atom is -0.489 e. The van der Waals surface area contributed by atoms with Gasteiger partial charge >= 0.3 is 12.1 Å². The molecule has 2 aromatic rings. The zero-order valence-electron chi connectivity index (χ0n) is 13.8. The van der Waals surface area contributed by atoms with Gasteiger partial charge in [0.15, 0.2) is 0 Å². The number of halogens is 5. The number of benzene rings is 2. The van der Waals surface area contributed by atoms with E-state index in [2.05, 4.69) is 0 Å². The number of carbonyl (C=O) groups is 1. The summed E-state index contributed by atoms with van der Waals surface area (Å²) < 4.78 is 47.3. The van der Waals surface area contributed by atoms with Crippen LogP contribution in [-0.2, 0) is 16.1 Å². The first-order valence-corrected chi connectivity index (χ1v) is 8.46. The van der Waals surface area contributed by atoms with E-state index in [1.807, 2.05) is 0 Å². The molecule has 1 N–H and O–H groups in total. The van der Waals surface area contributed by atoms with E-state index in [-0.39, 0.29) is 6.61 Å². The van der Waals surface area contributed by atoms with Crippen LogP contribution in [0.2, 0.25) is 10.0 Å². The van der Waals surface area contributed by atoms with Crippen LogP contribution in [-0.4, -0.2) is 23.9 Å². The predicted octanol–water partition coefficient (Wildman–Crippen LogP) is 5.67. The van der Waals surface area contributed by atoms with Crippen LogP contribution in [0.4, 0.5) is 13.2 Å². The molecule has 146 valence electrons. The molecule has 0 saturated heterocycles. The standard InChI is InChI=1S/C18H15Cl2F3O4/c19-14-6-1-11(7-15(14)20)9-26-13-4-2-12(3-5-13)16(8-17(24)25)27-10-18(21,22)23/h1-7,16H,8-10H2,(H,24,25). The molecule has 2 rings (SSSR count). The molecule has 0 bridgehead atoms. The zero-order chi connectivity index (χ0) is 20.0. The molecule has 0 heterocycles. The third kappa shape index (κ3) is 7.28. The van der Waals surface area contributed by atoms with Gasteiger partial charge in [-0.3, -0.25) is 4.79 Å². The summed E-state index contributed by atoms with van der Waals surface area (Å²) in [7, 11) is 0. The minimum absolute atomic E-state index is 0.208. The van der Waals surface area contributed by atoms with Gasteiger partial charge in [-0.05, 0) is 35.4 Å². The maximum Gasteiger partial charge on any atom is 0.411 e. The largest absolute Gasteiger partial charge is 0.489 e. The van der Waals surface area contributed by atoms with Crippen molar-refractivity contribution in [1.29, 1.82) is 0 Å². The Hall–Kier alpha value is -1.96. The number of aliphatic carboxylic acids is 1. The Morgan fingerprint density at radius 2 is 1.74 bits per heavy atom. The maximum atomic E-state index is 12.3. The molecule has 0 amide bonds. The van der Waals surface area contributed by atoms with E-state index in [4.69, 9.17) is 37.8 Å². The Labute approximate surface area is 163 Å². The van der Waals surface area contributed by atoms with Crippen molar-refractivity contribution in [3.05, 3.63) is 63.6 Å². The van der Waals surface area contributed by atoms with Crippen molar-refractivity contribution in [2.24, 2.45) is 0 Å². The lowest BCUT2D eigenvalue weighted by Gasteiger charge is -2.18. The Balaban J connectivity index is 2.01. The first-order valence-electron chi connectivity index (χ1n) is 7.71. The summed E-state index contributed by atoms with van der Waals surface area (Å²) in [4.78, 5) is 10.9. The van der Waals surface area contributed by atoms with Crippen LogP contribution in [0.25, 0.3) is 0 Å². The predicted molar refractivity (Wildman–Crippen MR) is 94.2 cm³/mol. The van der Waals surface area contributed by atoms with Crippen molar-refractivity contribution in [2.75, 3.05) is 6.61 Å². The molecule has 0 aliphatic heterocycles. The number of hydrogen-bond acceptors (Lipinski definition) is 3. The summed E-state index contributed by atoms with van der Waals surface area (Å²) in [6.45, 7) is -1.32. The number of carboxylic acid groups (broad SMARTS) is 1. The minimum atomic E-state index is -4.54. The summed E-state index contributed by atoms with van der Waals surface area (Å²) in [5, 5.41) is 9.69. The average Bonchev–Trinajstić information content (AvgIpc) is 2.59. The molecule has 1 unspecified atom stereocenters. The molecular formula is C18H15Cl2F3O4. The lowest BCUT2D eigenvalue weighted by atomic mass is 10.1. The monoisotopic (exact) mass is 422 g/mol. The molecule has 0 spiro atoms. The molecule has 0 saturated carbocycles. The van der Waals surface area contributed by atoms with Crippen LogP contribution in [0.15, 0.2) is 42.5 Å². The van der Waals surface area contributed by atoms with Gasteiger partial charge in [0.2, 0.25) is 0 Å². The molecule has 9 heteroatoms. The van der Waals surface area contributed by atoms with Gasteiger partial charge in [-0.15, -0.1) is 0 Å². The van der Waals surface area contributed by atoms with Crippen molar-refractivity contribution >= 4 is 29.2 Å². The number of rotatable bonds is 8. The van der Waals surface area contributed by atoms with Crippen LogP contribution in [0.3, 0.4) is 0 Å². The van der Waals surface area contributed by atoms with Crippen molar-refractivity contribution in [3.63, 3.8) is 0 Å². The molecule has 2 aromatic carbocycles. The second-order valence-corrected chi connectivity index (χ2v) is 6.43. The van der Waals surface area contributed by atoms with Crippen LogP contribution in [0.1, 0.15) is 23.7 Å². The topological polar surface area (TPSA) is 55.8 Å². The Morgan fingerprint density at radius 1 is 1.07 bits per heavy atom. The molecule has 0 fully saturated rings. The summed E-state index contributed by atoms with van der Waals surface area (Å²) >= 11 is 11.8. The zero-order valence-corrected chi connectivity index (χ0v) is 15.3. The SMILES string of the molecule is O=C(O)CC(OCC(F)(F)F)c1ccc(OCc2ccc(Cl)c(Cl)c2)cc1. The van der Waals surface area contributed by atoms with Gasteiger partial charge in [-0.25, -0.2) is 0 Å². The smallest absolute Gasteiger partial charge is 0.411 e. The van der Waals surface area contributed by atoms with Crippen molar-refractivity contribution in [2.45, 2.75) is 25.3 Å². The fraction of sp³-hybridized carbons (Fsp3) is 0.278. The summed E-state index contributed by atoms with van der Waals surface area (Å²) in [6.07, 6.45) is -6.34. The van der Waals surface area contributed by atoms with Gasteiger partial charge in [0.25, 0.3) is 0 Å². The van der Waals surface area contributed by atoms with Gasteiger partial charge in [0.1, 0.15) is 19.0 Å². The number of ether oxygens (including phenoxy) is 2. The van der Waals surface area contributed by atoms with Crippen LogP contribution < -0.4 is 4.74 Å². The lowest BCUT2D eigenvalue weighted by Crippen LogP contribution is -2.21. The first-order chi connectivity index (χ1) is 12.6. The molecular weight excluding hydrogens is 408 g/mol. The Bertz CT molecular complexity index is 779. The fourth-order valence-corrected chi connectivity index (χ4v) is 2.52. The average molecular weight is 423 g/mol. The van der Waals surface area contributed by atoms with Crippen molar-refractivity contribution in [3.8, 4) is 5.75 Å². The summed E-state index contributed by atoms with van der Waals surface area (Å²) in [5.41, 5.74) is 1.09. The molecule has 1 atom stereocenters. The Morgan fingerprint density at radius 3 is 2.30 bits per heavy atom. The van der Waals surface area contributed by atoms with E-state index < -0.39 is 31.3 Å². The van der Waals surface area contributed by atoms with Gasteiger partial charge in [-0.2, -0.15) is 13.2 Å². The summed E-state index contributed by atoms with van der Waals surface area (Å²) in [6, 6.07) is 11.0. The van der Waals surface area contributed by atoms with Crippen molar-refractivity contribution < 1.29 is 32.5 Å². The third-order valence-corrected chi connectivity index (χ3v) is 4.19. The molecule has 0 aromatic heterocycles. The summed E-state index contributed by atoms with van der Waals surface area (Å²) in [5.74, 6) is -0.808. The van der Waals surface area contributed by atoms with E-state index in [0.29, 0.717) is 21.4 Å². The molecule has 4 nitrogen and oxygen atoms in total.